The van der Waals surface area contributed by atoms with Gasteiger partial charge in [0.25, 0.3) is 0 Å². The number of carbonyl (C=O) groups is 2. The van der Waals surface area contributed by atoms with E-state index in [2.05, 4.69) is 12.2 Å². The standard InChI is InChI=1S/C13H23N3O2/c1-10-4-3-6-15(8-10)13(18)16-7-5-12(9-16)14-11(2)17/h10,12H,3-9H2,1-2H3,(H,14,17). The Hall–Kier alpha value is -1.26. The van der Waals surface area contributed by atoms with Gasteiger partial charge in [0.05, 0.1) is 0 Å². The Kier molecular flexibility index (Phi) is 4.09. The third-order valence-corrected chi connectivity index (χ3v) is 3.79. The number of urea groups is 1. The lowest BCUT2D eigenvalue weighted by atomic mass is 10.0. The molecule has 2 aliphatic heterocycles. The Bertz CT molecular complexity index is 332. The number of carbonyl (C=O) groups excluding carboxylic acids is 2. The van der Waals surface area contributed by atoms with Crippen molar-refractivity contribution in [2.75, 3.05) is 26.2 Å². The van der Waals surface area contributed by atoms with E-state index in [1.54, 1.807) is 0 Å². The molecular weight excluding hydrogens is 230 g/mol. The molecule has 5 heteroatoms. The molecule has 0 spiro atoms. The van der Waals surface area contributed by atoms with Crippen LogP contribution in [0.5, 0.6) is 0 Å². The first kappa shape index (κ1) is 13.2. The number of hydrogen-bond acceptors (Lipinski definition) is 2. The van der Waals surface area contributed by atoms with Crippen LogP contribution < -0.4 is 5.32 Å². The zero-order valence-electron chi connectivity index (χ0n) is 11.3. The zero-order chi connectivity index (χ0) is 13.1. The molecule has 2 unspecified atom stereocenters. The molecule has 2 heterocycles. The highest BCUT2D eigenvalue weighted by Gasteiger charge is 2.31. The fourth-order valence-electron chi connectivity index (χ4n) is 2.90. The summed E-state index contributed by atoms with van der Waals surface area (Å²) in [4.78, 5) is 27.1. The lowest BCUT2D eigenvalue weighted by Crippen LogP contribution is -2.47. The van der Waals surface area contributed by atoms with Gasteiger partial charge in [-0.2, -0.15) is 0 Å². The summed E-state index contributed by atoms with van der Waals surface area (Å²) >= 11 is 0. The Labute approximate surface area is 108 Å². The molecule has 0 radical (unpaired) electrons. The van der Waals surface area contributed by atoms with Crippen LogP contribution in [0.3, 0.4) is 0 Å². The molecule has 0 aromatic carbocycles. The van der Waals surface area contributed by atoms with Gasteiger partial charge >= 0.3 is 6.03 Å². The molecule has 0 saturated carbocycles. The zero-order valence-corrected chi connectivity index (χ0v) is 11.3. The second-order valence-electron chi connectivity index (χ2n) is 5.61. The van der Waals surface area contributed by atoms with E-state index in [1.165, 1.54) is 13.3 Å². The SMILES string of the molecule is CC(=O)NC1CCN(C(=O)N2CCCC(C)C2)C1. The van der Waals surface area contributed by atoms with Gasteiger partial charge in [-0.05, 0) is 25.2 Å². The van der Waals surface area contributed by atoms with E-state index < -0.39 is 0 Å². The lowest BCUT2D eigenvalue weighted by molar-refractivity contribution is -0.119. The van der Waals surface area contributed by atoms with Crippen LogP contribution in [0.25, 0.3) is 0 Å². The molecule has 2 atom stereocenters. The molecule has 2 aliphatic rings. The smallest absolute Gasteiger partial charge is 0.320 e. The predicted octanol–water partition coefficient (Wildman–Crippen LogP) is 1.05. The van der Waals surface area contributed by atoms with Crippen molar-refractivity contribution in [2.45, 2.75) is 39.2 Å². The third kappa shape index (κ3) is 3.15. The van der Waals surface area contributed by atoms with Crippen LogP contribution >= 0.6 is 0 Å². The van der Waals surface area contributed by atoms with E-state index in [1.807, 2.05) is 9.80 Å². The highest BCUT2D eigenvalue weighted by Crippen LogP contribution is 2.19. The molecule has 2 rings (SSSR count). The van der Waals surface area contributed by atoms with Crippen molar-refractivity contribution in [3.05, 3.63) is 0 Å². The number of hydrogen-bond donors (Lipinski definition) is 1. The van der Waals surface area contributed by atoms with Crippen molar-refractivity contribution in [3.63, 3.8) is 0 Å². The molecule has 2 saturated heterocycles. The Morgan fingerprint density at radius 2 is 1.83 bits per heavy atom. The normalized spacial score (nSPS) is 28.3. The summed E-state index contributed by atoms with van der Waals surface area (Å²) in [6.07, 6.45) is 3.20. The summed E-state index contributed by atoms with van der Waals surface area (Å²) in [5.74, 6) is 0.595. The maximum absolute atomic E-state index is 12.3. The van der Waals surface area contributed by atoms with E-state index >= 15 is 0 Å². The van der Waals surface area contributed by atoms with Gasteiger partial charge in [-0.15, -0.1) is 0 Å². The number of piperidine rings is 1. The van der Waals surface area contributed by atoms with Crippen LogP contribution in [0.2, 0.25) is 0 Å². The number of likely N-dealkylation sites (tertiary alicyclic amines) is 2. The molecule has 2 fully saturated rings. The minimum atomic E-state index is -0.0131. The van der Waals surface area contributed by atoms with Gasteiger partial charge in [0.15, 0.2) is 0 Å². The first-order valence-electron chi connectivity index (χ1n) is 6.87. The molecule has 18 heavy (non-hydrogen) atoms. The number of rotatable bonds is 1. The van der Waals surface area contributed by atoms with Crippen molar-refractivity contribution in [3.8, 4) is 0 Å². The molecule has 0 bridgehead atoms. The topological polar surface area (TPSA) is 52.7 Å². The minimum Gasteiger partial charge on any atom is -0.352 e. The highest BCUT2D eigenvalue weighted by atomic mass is 16.2. The Morgan fingerprint density at radius 3 is 2.50 bits per heavy atom. The summed E-state index contributed by atoms with van der Waals surface area (Å²) in [5.41, 5.74) is 0. The highest BCUT2D eigenvalue weighted by molar-refractivity contribution is 5.76. The van der Waals surface area contributed by atoms with Crippen LogP contribution in [0.4, 0.5) is 4.79 Å². The average molecular weight is 253 g/mol. The van der Waals surface area contributed by atoms with Gasteiger partial charge in [0.2, 0.25) is 5.91 Å². The van der Waals surface area contributed by atoms with E-state index in [4.69, 9.17) is 0 Å². The molecule has 0 aromatic rings. The number of nitrogens with one attached hydrogen (secondary N) is 1. The van der Waals surface area contributed by atoms with E-state index in [9.17, 15) is 9.59 Å². The molecule has 5 nitrogen and oxygen atoms in total. The quantitative estimate of drug-likeness (QED) is 0.759. The summed E-state index contributed by atoms with van der Waals surface area (Å²) in [6.45, 7) is 6.89. The summed E-state index contributed by atoms with van der Waals surface area (Å²) < 4.78 is 0. The second-order valence-corrected chi connectivity index (χ2v) is 5.61. The Balaban J connectivity index is 1.85. The van der Waals surface area contributed by atoms with Crippen LogP contribution in [0.1, 0.15) is 33.1 Å². The van der Waals surface area contributed by atoms with E-state index in [0.29, 0.717) is 12.5 Å². The van der Waals surface area contributed by atoms with Crippen LogP contribution in [0, 0.1) is 5.92 Å². The van der Waals surface area contributed by atoms with Crippen LogP contribution in [0.15, 0.2) is 0 Å². The van der Waals surface area contributed by atoms with Gasteiger partial charge in [-0.3, -0.25) is 4.79 Å². The van der Waals surface area contributed by atoms with Crippen LogP contribution in [-0.4, -0.2) is 54.0 Å². The molecular formula is C13H23N3O2. The van der Waals surface area contributed by atoms with Crippen molar-refractivity contribution < 1.29 is 9.59 Å². The third-order valence-electron chi connectivity index (χ3n) is 3.79. The minimum absolute atomic E-state index is 0.0131. The monoisotopic (exact) mass is 253 g/mol. The average Bonchev–Trinajstić information content (AvgIpc) is 2.75. The van der Waals surface area contributed by atoms with Gasteiger partial charge in [-0.1, -0.05) is 6.92 Å². The first-order valence-corrected chi connectivity index (χ1v) is 6.87. The number of nitrogens with zero attached hydrogens (tertiary/aromatic N) is 2. The summed E-state index contributed by atoms with van der Waals surface area (Å²) in [7, 11) is 0. The van der Waals surface area contributed by atoms with Gasteiger partial charge in [0, 0.05) is 39.1 Å². The van der Waals surface area contributed by atoms with Gasteiger partial charge < -0.3 is 15.1 Å². The van der Waals surface area contributed by atoms with Crippen LogP contribution in [-0.2, 0) is 4.79 Å². The number of amides is 3. The van der Waals surface area contributed by atoms with Crippen molar-refractivity contribution in [2.24, 2.45) is 5.92 Å². The first-order chi connectivity index (χ1) is 8.56. The molecule has 0 aliphatic carbocycles. The van der Waals surface area contributed by atoms with Crippen molar-refractivity contribution in [1.29, 1.82) is 0 Å². The van der Waals surface area contributed by atoms with Crippen molar-refractivity contribution in [1.82, 2.24) is 15.1 Å². The lowest BCUT2D eigenvalue weighted by Gasteiger charge is -2.34. The second kappa shape index (κ2) is 5.59. The largest absolute Gasteiger partial charge is 0.352 e. The van der Waals surface area contributed by atoms with E-state index in [0.717, 1.165) is 32.5 Å². The van der Waals surface area contributed by atoms with Gasteiger partial charge in [-0.25, -0.2) is 4.79 Å². The fourth-order valence-corrected chi connectivity index (χ4v) is 2.90. The van der Waals surface area contributed by atoms with Crippen molar-refractivity contribution >= 4 is 11.9 Å². The molecule has 102 valence electrons. The molecule has 1 N–H and O–H groups in total. The maximum Gasteiger partial charge on any atom is 0.320 e. The Morgan fingerprint density at radius 1 is 1.11 bits per heavy atom. The predicted molar refractivity (Wildman–Crippen MR) is 69.2 cm³/mol. The summed E-state index contributed by atoms with van der Waals surface area (Å²) in [6, 6.07) is 0.281. The fraction of sp³-hybridized carbons (Fsp3) is 0.846. The molecule has 3 amide bonds. The van der Waals surface area contributed by atoms with E-state index in [-0.39, 0.29) is 18.0 Å². The molecule has 0 aromatic heterocycles. The van der Waals surface area contributed by atoms with Gasteiger partial charge in [0.1, 0.15) is 0 Å². The summed E-state index contributed by atoms with van der Waals surface area (Å²) in [5, 5.41) is 2.89. The maximum atomic E-state index is 12.3.